The molecule has 0 saturated heterocycles. The number of nitrogens with zero attached hydrogens (tertiary/aromatic N) is 6. The Hall–Kier alpha value is -2.22. The second kappa shape index (κ2) is 11.6. The van der Waals surface area contributed by atoms with Crippen LogP contribution in [0.4, 0.5) is 5.69 Å². The molecule has 4 aromatic rings. The summed E-state index contributed by atoms with van der Waals surface area (Å²) in [5.41, 5.74) is 3.00. The number of phosphoric acid groups is 1. The van der Waals surface area contributed by atoms with E-state index < -0.39 is 7.82 Å². The number of carbonyl (C=O) groups is 1. The molecule has 3 N–H and O–H groups in total. The molecular weight excluding hydrogens is 468 g/mol. The van der Waals surface area contributed by atoms with E-state index in [1.807, 2.05) is 18.2 Å². The minimum atomic E-state index is -4.15. The summed E-state index contributed by atoms with van der Waals surface area (Å²) < 4.78 is 14.7. The van der Waals surface area contributed by atoms with Crippen LogP contribution in [0.15, 0.2) is 48.4 Å². The number of carbonyl (C=O) groups excluding carboxylic acids is 1. The van der Waals surface area contributed by atoms with Crippen molar-refractivity contribution in [2.75, 3.05) is 12.4 Å². The zero-order valence-electron chi connectivity index (χ0n) is 17.3. The van der Waals surface area contributed by atoms with Crippen molar-refractivity contribution in [3.8, 4) is 22.0 Å². The maximum atomic E-state index is 12.5. The summed E-state index contributed by atoms with van der Waals surface area (Å²) in [4.78, 5) is 36.6. The molecule has 0 atom stereocenters. The second-order valence-corrected chi connectivity index (χ2v) is 8.09. The van der Waals surface area contributed by atoms with Gasteiger partial charge in [0, 0.05) is 43.7 Å². The Kier molecular flexibility index (Phi) is 9.43. The van der Waals surface area contributed by atoms with Crippen molar-refractivity contribution < 1.29 is 53.2 Å². The summed E-state index contributed by atoms with van der Waals surface area (Å²) in [6.45, 7) is 0. The molecule has 4 heterocycles. The molecule has 0 spiro atoms. The molecule has 12 nitrogen and oxygen atoms in total. The number of nitrogens with one attached hydrogen (secondary N) is 1. The number of hydrogen-bond donors (Lipinski definition) is 3. The Balaban J connectivity index is 0.000000461. The van der Waals surface area contributed by atoms with Gasteiger partial charge in [0.15, 0.2) is 0 Å². The molecule has 32 heavy (non-hydrogen) atoms. The van der Waals surface area contributed by atoms with Crippen LogP contribution in [0, 0.1) is 0 Å². The second-order valence-electron chi connectivity index (χ2n) is 5.89. The van der Waals surface area contributed by atoms with Gasteiger partial charge in [0.25, 0.3) is 5.91 Å². The first-order chi connectivity index (χ1) is 14.8. The van der Waals surface area contributed by atoms with Gasteiger partial charge in [0.05, 0.1) is 11.4 Å². The smallest absolute Gasteiger partial charge is 0.581 e. The van der Waals surface area contributed by atoms with Crippen molar-refractivity contribution in [3.63, 3.8) is 0 Å². The minimum Gasteiger partial charge on any atom is -0.581 e. The predicted molar refractivity (Wildman–Crippen MR) is 112 cm³/mol. The molecule has 0 aliphatic rings. The molecule has 162 valence electrons. The maximum Gasteiger partial charge on any atom is 1.00 e. The summed E-state index contributed by atoms with van der Waals surface area (Å²) in [5.74, 6) is -0.305. The fourth-order valence-electron chi connectivity index (χ4n) is 2.30. The van der Waals surface area contributed by atoms with E-state index in [1.54, 1.807) is 41.9 Å². The molecular formula is C17H17N7NaO5PS. The standard InChI is InChI=1S/C16H13N7OS.CH5O4P.Na/c1-23-8-12(14(22-23)11-4-2-3-5-17-11)20-15(24)13-9-25-16(21-13)10-6-18-19-7-10;1-5-6(2,3)4;/h2-9H,1H3,(H2,18,19,20,21,24);1H3,(H2,2,3,4);/q;;+1/p-1. The molecule has 0 unspecified atom stereocenters. The van der Waals surface area contributed by atoms with Gasteiger partial charge in [-0.05, 0) is 12.1 Å². The monoisotopic (exact) mass is 485 g/mol. The van der Waals surface area contributed by atoms with Crippen molar-refractivity contribution in [3.05, 3.63) is 54.1 Å². The van der Waals surface area contributed by atoms with Crippen LogP contribution in [-0.4, -0.2) is 47.7 Å². The largest absolute Gasteiger partial charge is 1.00 e. The quantitative estimate of drug-likeness (QED) is 0.234. The Morgan fingerprint density at radius 2 is 2.09 bits per heavy atom. The molecule has 0 saturated carbocycles. The molecule has 0 fully saturated rings. The summed E-state index contributed by atoms with van der Waals surface area (Å²) >= 11 is 1.37. The Morgan fingerprint density at radius 1 is 1.34 bits per heavy atom. The Labute approximate surface area is 208 Å². The third-order valence-corrected chi connectivity index (χ3v) is 5.03. The van der Waals surface area contributed by atoms with E-state index >= 15 is 0 Å². The molecule has 0 radical (unpaired) electrons. The van der Waals surface area contributed by atoms with Crippen molar-refractivity contribution in [2.24, 2.45) is 7.05 Å². The summed E-state index contributed by atoms with van der Waals surface area (Å²) in [7, 11) is -1.41. The Bertz CT molecular complexity index is 1190. The van der Waals surface area contributed by atoms with Gasteiger partial charge < -0.3 is 25.3 Å². The number of aromatic nitrogens is 6. The van der Waals surface area contributed by atoms with Gasteiger partial charge in [-0.3, -0.25) is 19.0 Å². The first-order valence-electron chi connectivity index (χ1n) is 8.54. The first kappa shape index (κ1) is 26.0. The number of phosphoric ester groups is 1. The zero-order chi connectivity index (χ0) is 22.4. The number of anilines is 1. The van der Waals surface area contributed by atoms with E-state index in [0.29, 0.717) is 27.8 Å². The van der Waals surface area contributed by atoms with Crippen LogP contribution >= 0.6 is 19.2 Å². The van der Waals surface area contributed by atoms with E-state index in [4.69, 9.17) is 9.79 Å². The van der Waals surface area contributed by atoms with Crippen molar-refractivity contribution in [1.29, 1.82) is 0 Å². The summed E-state index contributed by atoms with van der Waals surface area (Å²) in [5, 5.41) is 17.2. The van der Waals surface area contributed by atoms with Crippen molar-refractivity contribution >= 4 is 30.8 Å². The molecule has 15 heteroatoms. The third kappa shape index (κ3) is 7.15. The van der Waals surface area contributed by atoms with E-state index in [0.717, 1.165) is 12.7 Å². The summed E-state index contributed by atoms with van der Waals surface area (Å²) in [6.07, 6.45) is 6.64. The van der Waals surface area contributed by atoms with E-state index in [1.165, 1.54) is 11.3 Å². The van der Waals surface area contributed by atoms with Crippen LogP contribution in [0.1, 0.15) is 10.5 Å². The van der Waals surface area contributed by atoms with Gasteiger partial charge in [0.2, 0.25) is 0 Å². The SMILES string of the molecule is COP(=O)(O)O.Cn1cc(NC(=O)c2csc(-c3cn[n-]c3)n2)c(-c2ccccn2)n1.[Na+]. The minimum absolute atomic E-state index is 0. The van der Waals surface area contributed by atoms with Gasteiger partial charge in [-0.15, -0.1) is 17.5 Å². The number of hydrogen-bond acceptors (Lipinski definition) is 8. The van der Waals surface area contributed by atoms with Crippen LogP contribution in [0.2, 0.25) is 0 Å². The van der Waals surface area contributed by atoms with Crippen LogP contribution in [0.3, 0.4) is 0 Å². The molecule has 0 bridgehead atoms. The molecule has 1 amide bonds. The molecule has 4 rings (SSSR count). The van der Waals surface area contributed by atoms with Crippen LogP contribution in [0.5, 0.6) is 0 Å². The molecule has 0 aliphatic carbocycles. The summed E-state index contributed by atoms with van der Waals surface area (Å²) in [6, 6.07) is 5.54. The number of pyridine rings is 1. The van der Waals surface area contributed by atoms with E-state index in [9.17, 15) is 9.36 Å². The molecule has 0 aromatic carbocycles. The molecule has 4 aromatic heterocycles. The predicted octanol–water partition coefficient (Wildman–Crippen LogP) is -1.06. The third-order valence-electron chi connectivity index (χ3n) is 3.67. The number of thiazole rings is 1. The van der Waals surface area contributed by atoms with E-state index in [2.05, 4.69) is 35.1 Å². The number of amides is 1. The maximum absolute atomic E-state index is 12.5. The molecule has 0 aliphatic heterocycles. The fourth-order valence-corrected chi connectivity index (χ4v) is 3.08. The van der Waals surface area contributed by atoms with Gasteiger partial charge in [-0.25, -0.2) is 9.55 Å². The average Bonchev–Trinajstić information content (AvgIpc) is 3.49. The average molecular weight is 485 g/mol. The van der Waals surface area contributed by atoms with Crippen LogP contribution in [0.25, 0.3) is 22.0 Å². The zero-order valence-corrected chi connectivity index (χ0v) is 21.0. The van der Waals surface area contributed by atoms with Crippen LogP contribution in [-0.2, 0) is 16.1 Å². The van der Waals surface area contributed by atoms with E-state index in [-0.39, 0.29) is 35.5 Å². The van der Waals surface area contributed by atoms with Gasteiger partial charge in [-0.2, -0.15) is 5.10 Å². The van der Waals surface area contributed by atoms with Crippen LogP contribution < -0.4 is 40.0 Å². The van der Waals surface area contributed by atoms with Gasteiger partial charge >= 0.3 is 37.4 Å². The number of aryl methyl sites for hydroxylation is 1. The Morgan fingerprint density at radius 3 is 2.69 bits per heavy atom. The normalized spacial score (nSPS) is 10.6. The van der Waals surface area contributed by atoms with Gasteiger partial charge in [-0.1, -0.05) is 6.07 Å². The number of rotatable bonds is 5. The van der Waals surface area contributed by atoms with Gasteiger partial charge in [0.1, 0.15) is 16.4 Å². The topological polar surface area (TPSA) is 166 Å². The fraction of sp³-hybridized carbons (Fsp3) is 0.118. The first-order valence-corrected chi connectivity index (χ1v) is 10.9. The van der Waals surface area contributed by atoms with Crippen molar-refractivity contribution in [1.82, 2.24) is 29.9 Å². The van der Waals surface area contributed by atoms with Crippen molar-refractivity contribution in [2.45, 2.75) is 0 Å².